The van der Waals surface area contributed by atoms with Crippen molar-refractivity contribution in [2.75, 3.05) is 7.11 Å². The van der Waals surface area contributed by atoms with Crippen molar-refractivity contribution in [2.24, 2.45) is 0 Å². The lowest BCUT2D eigenvalue weighted by Gasteiger charge is -1.99. The first kappa shape index (κ1) is 10.9. The summed E-state index contributed by atoms with van der Waals surface area (Å²) in [6.07, 6.45) is 3.19. The molecule has 1 aromatic rings. The van der Waals surface area contributed by atoms with Crippen LogP contribution in [0.25, 0.3) is 0 Å². The first-order valence-corrected chi connectivity index (χ1v) is 5.16. The van der Waals surface area contributed by atoms with E-state index in [0.29, 0.717) is 0 Å². The van der Waals surface area contributed by atoms with Crippen molar-refractivity contribution in [3.8, 4) is 0 Å². The molecule has 0 amide bonds. The molecule has 1 fully saturated rings. The zero-order valence-electron chi connectivity index (χ0n) is 9.34. The average molecular weight is 218 g/mol. The van der Waals surface area contributed by atoms with E-state index < -0.39 is 0 Å². The highest BCUT2D eigenvalue weighted by molar-refractivity contribution is 5.82. The number of ether oxygens (including phenoxy) is 2. The van der Waals surface area contributed by atoms with Gasteiger partial charge < -0.3 is 9.47 Å². The largest absolute Gasteiger partial charge is 0.466 e. The van der Waals surface area contributed by atoms with Gasteiger partial charge in [0.15, 0.2) is 0 Å². The van der Waals surface area contributed by atoms with Crippen LogP contribution in [0, 0.1) is 0 Å². The fourth-order valence-electron chi connectivity index (χ4n) is 1.67. The molecule has 0 radical (unpaired) electrons. The van der Waals surface area contributed by atoms with Gasteiger partial charge in [-0.05, 0) is 18.6 Å². The summed E-state index contributed by atoms with van der Waals surface area (Å²) in [6.45, 7) is 1.95. The number of carbonyl (C=O) groups excluding carboxylic acids is 1. The molecule has 0 bridgehead atoms. The van der Waals surface area contributed by atoms with Crippen LogP contribution in [0.15, 0.2) is 42.5 Å². The van der Waals surface area contributed by atoms with Gasteiger partial charge in [0.25, 0.3) is 0 Å². The predicted octanol–water partition coefficient (Wildman–Crippen LogP) is 2.25. The van der Waals surface area contributed by atoms with Crippen molar-refractivity contribution in [3.63, 3.8) is 0 Å². The molecular weight excluding hydrogens is 204 g/mol. The highest BCUT2D eigenvalue weighted by Gasteiger charge is 2.51. The number of methoxy groups -OCH3 is 1. The van der Waals surface area contributed by atoms with Crippen LogP contribution >= 0.6 is 0 Å². The van der Waals surface area contributed by atoms with Gasteiger partial charge in [-0.15, -0.1) is 0 Å². The molecule has 0 spiro atoms. The summed E-state index contributed by atoms with van der Waals surface area (Å²) in [5.74, 6) is -0.358. The second-order valence-electron chi connectivity index (χ2n) is 3.95. The summed E-state index contributed by atoms with van der Waals surface area (Å²) in [6, 6.07) is 9.94. The van der Waals surface area contributed by atoms with Crippen LogP contribution in [-0.2, 0) is 14.3 Å². The van der Waals surface area contributed by atoms with Gasteiger partial charge in [0.1, 0.15) is 11.7 Å². The molecule has 1 saturated heterocycles. The Bertz CT molecular complexity index is 410. The van der Waals surface area contributed by atoms with Crippen LogP contribution in [0.3, 0.4) is 0 Å². The number of hydrogen-bond donors (Lipinski definition) is 0. The van der Waals surface area contributed by atoms with E-state index in [1.807, 2.05) is 37.3 Å². The normalized spacial score (nSPS) is 28.0. The van der Waals surface area contributed by atoms with Gasteiger partial charge in [0.05, 0.1) is 7.11 Å². The fourth-order valence-corrected chi connectivity index (χ4v) is 1.67. The van der Waals surface area contributed by atoms with Crippen molar-refractivity contribution < 1.29 is 14.3 Å². The SMILES string of the molecule is COC(=O)C=C[C@]1(C)O[C@H]1c1ccccc1. The number of epoxide rings is 1. The van der Waals surface area contributed by atoms with Crippen molar-refractivity contribution in [3.05, 3.63) is 48.0 Å². The van der Waals surface area contributed by atoms with E-state index in [9.17, 15) is 4.79 Å². The molecular formula is C13H14O3. The minimum atomic E-state index is -0.379. The molecule has 0 N–H and O–H groups in total. The molecule has 3 nitrogen and oxygen atoms in total. The van der Waals surface area contributed by atoms with E-state index in [2.05, 4.69) is 4.74 Å². The van der Waals surface area contributed by atoms with Gasteiger partial charge in [-0.3, -0.25) is 0 Å². The van der Waals surface area contributed by atoms with Gasteiger partial charge in [0, 0.05) is 6.08 Å². The summed E-state index contributed by atoms with van der Waals surface area (Å²) in [4.78, 5) is 11.0. The molecule has 2 rings (SSSR count). The second-order valence-corrected chi connectivity index (χ2v) is 3.95. The third kappa shape index (κ3) is 2.14. The minimum Gasteiger partial charge on any atom is -0.466 e. The van der Waals surface area contributed by atoms with E-state index in [1.165, 1.54) is 13.2 Å². The van der Waals surface area contributed by atoms with Crippen LogP contribution in [0.4, 0.5) is 0 Å². The van der Waals surface area contributed by atoms with Crippen LogP contribution in [0.2, 0.25) is 0 Å². The molecule has 3 heteroatoms. The van der Waals surface area contributed by atoms with Crippen LogP contribution < -0.4 is 0 Å². The van der Waals surface area contributed by atoms with E-state index in [-0.39, 0.29) is 17.7 Å². The van der Waals surface area contributed by atoms with Gasteiger partial charge in [-0.1, -0.05) is 30.3 Å². The zero-order chi connectivity index (χ0) is 11.6. The lowest BCUT2D eigenvalue weighted by Crippen LogP contribution is -2.03. The van der Waals surface area contributed by atoms with Crippen molar-refractivity contribution in [1.82, 2.24) is 0 Å². The number of benzene rings is 1. The Kier molecular flexibility index (Phi) is 2.79. The fraction of sp³-hybridized carbons (Fsp3) is 0.308. The number of esters is 1. The summed E-state index contributed by atoms with van der Waals surface area (Å²) in [7, 11) is 1.36. The maximum absolute atomic E-state index is 11.0. The Morgan fingerprint density at radius 2 is 2.12 bits per heavy atom. The Hall–Kier alpha value is -1.61. The zero-order valence-corrected chi connectivity index (χ0v) is 9.34. The number of carbonyl (C=O) groups is 1. The van der Waals surface area contributed by atoms with E-state index in [1.54, 1.807) is 6.08 Å². The Balaban J connectivity index is 2.04. The van der Waals surface area contributed by atoms with Crippen LogP contribution in [0.5, 0.6) is 0 Å². The maximum Gasteiger partial charge on any atom is 0.330 e. The Morgan fingerprint density at radius 1 is 1.44 bits per heavy atom. The van der Waals surface area contributed by atoms with Gasteiger partial charge >= 0.3 is 5.97 Å². The lowest BCUT2D eigenvalue weighted by molar-refractivity contribution is -0.134. The molecule has 16 heavy (non-hydrogen) atoms. The summed E-state index contributed by atoms with van der Waals surface area (Å²) in [5, 5.41) is 0. The highest BCUT2D eigenvalue weighted by Crippen LogP contribution is 2.50. The predicted molar refractivity (Wildman–Crippen MR) is 59.8 cm³/mol. The van der Waals surface area contributed by atoms with Crippen molar-refractivity contribution >= 4 is 5.97 Å². The topological polar surface area (TPSA) is 38.8 Å². The highest BCUT2D eigenvalue weighted by atomic mass is 16.6. The van der Waals surface area contributed by atoms with Gasteiger partial charge in [0.2, 0.25) is 0 Å². The molecule has 0 aromatic heterocycles. The smallest absolute Gasteiger partial charge is 0.330 e. The standard InChI is InChI=1S/C13H14O3/c1-13(9-8-11(14)15-2)12(16-13)10-6-4-3-5-7-10/h3-9,12H,1-2H3/t12-,13-/m0/s1. The third-order valence-electron chi connectivity index (χ3n) is 2.69. The summed E-state index contributed by atoms with van der Waals surface area (Å²) in [5.41, 5.74) is 0.745. The molecule has 1 heterocycles. The Morgan fingerprint density at radius 3 is 2.75 bits per heavy atom. The minimum absolute atomic E-state index is 0.0367. The van der Waals surface area contributed by atoms with E-state index in [0.717, 1.165) is 5.56 Å². The lowest BCUT2D eigenvalue weighted by atomic mass is 10.0. The van der Waals surface area contributed by atoms with Crippen molar-refractivity contribution in [1.29, 1.82) is 0 Å². The quantitative estimate of drug-likeness (QED) is 0.443. The molecule has 1 aliphatic heterocycles. The number of hydrogen-bond acceptors (Lipinski definition) is 3. The third-order valence-corrected chi connectivity index (χ3v) is 2.69. The van der Waals surface area contributed by atoms with Crippen LogP contribution in [-0.4, -0.2) is 18.7 Å². The second kappa shape index (κ2) is 4.10. The molecule has 0 aliphatic carbocycles. The summed E-state index contributed by atoms with van der Waals surface area (Å²) < 4.78 is 10.1. The van der Waals surface area contributed by atoms with E-state index >= 15 is 0 Å². The van der Waals surface area contributed by atoms with Gasteiger partial charge in [-0.2, -0.15) is 0 Å². The molecule has 1 aliphatic rings. The molecule has 0 unspecified atom stereocenters. The molecule has 1 aromatic carbocycles. The maximum atomic E-state index is 11.0. The van der Waals surface area contributed by atoms with E-state index in [4.69, 9.17) is 4.74 Å². The van der Waals surface area contributed by atoms with Gasteiger partial charge in [-0.25, -0.2) is 4.79 Å². The molecule has 0 saturated carbocycles. The monoisotopic (exact) mass is 218 g/mol. The first-order valence-electron chi connectivity index (χ1n) is 5.16. The van der Waals surface area contributed by atoms with Crippen molar-refractivity contribution in [2.45, 2.75) is 18.6 Å². The Labute approximate surface area is 94.7 Å². The first-order chi connectivity index (χ1) is 7.65. The summed E-state index contributed by atoms with van der Waals surface area (Å²) >= 11 is 0. The molecule has 2 atom stereocenters. The average Bonchev–Trinajstić information content (AvgIpc) is 3.00. The molecule has 84 valence electrons. The van der Waals surface area contributed by atoms with Crippen LogP contribution in [0.1, 0.15) is 18.6 Å². The number of rotatable bonds is 3.